The molecule has 0 aliphatic heterocycles. The van der Waals surface area contributed by atoms with E-state index in [0.29, 0.717) is 17.3 Å². The van der Waals surface area contributed by atoms with Gasteiger partial charge >= 0.3 is 0 Å². The lowest BCUT2D eigenvalue weighted by Crippen LogP contribution is -2.02. The third kappa shape index (κ3) is 3.75. The number of halogens is 2. The Morgan fingerprint density at radius 1 is 1.35 bits per heavy atom. The molecule has 20 heavy (non-hydrogen) atoms. The van der Waals surface area contributed by atoms with Crippen LogP contribution in [0.2, 0.25) is 5.02 Å². The van der Waals surface area contributed by atoms with E-state index in [2.05, 4.69) is 21.2 Å². The Kier molecular flexibility index (Phi) is 4.79. The van der Waals surface area contributed by atoms with Crippen molar-refractivity contribution in [3.8, 4) is 0 Å². The second-order valence-corrected chi connectivity index (χ2v) is 9.00. The number of anilines is 1. The lowest BCUT2D eigenvalue weighted by atomic mass is 10.3. The molecule has 0 spiro atoms. The first-order valence-electron chi connectivity index (χ1n) is 5.75. The van der Waals surface area contributed by atoms with Crippen molar-refractivity contribution in [3.63, 3.8) is 0 Å². The van der Waals surface area contributed by atoms with Gasteiger partial charge in [0.25, 0.3) is 0 Å². The summed E-state index contributed by atoms with van der Waals surface area (Å²) < 4.78 is 24.2. The van der Waals surface area contributed by atoms with E-state index in [1.165, 1.54) is 17.2 Å². The van der Waals surface area contributed by atoms with E-state index >= 15 is 0 Å². The van der Waals surface area contributed by atoms with Gasteiger partial charge in [0, 0.05) is 27.0 Å². The second kappa shape index (κ2) is 6.05. The number of hydrogen-bond donors (Lipinski definition) is 1. The molecule has 7 heteroatoms. The minimum absolute atomic E-state index is 0.257. The molecule has 1 heterocycles. The molecule has 108 valence electrons. The predicted octanol–water partition coefficient (Wildman–Crippen LogP) is 4.49. The van der Waals surface area contributed by atoms with Crippen molar-refractivity contribution >= 4 is 54.4 Å². The molecule has 0 aliphatic rings. The average Bonchev–Trinajstić information content (AvgIpc) is 2.66. The van der Waals surface area contributed by atoms with Crippen LogP contribution in [0.3, 0.4) is 0 Å². The fraction of sp³-hybridized carbons (Fsp3) is 0.231. The molecule has 0 radical (unpaired) electrons. The molecule has 0 amide bonds. The number of sulfone groups is 1. The highest BCUT2D eigenvalue weighted by Gasteiger charge is 2.10. The molecule has 2 rings (SSSR count). The van der Waals surface area contributed by atoms with Crippen LogP contribution in [0.15, 0.2) is 33.6 Å². The second-order valence-electron chi connectivity index (χ2n) is 4.38. The normalized spacial score (nSPS) is 11.6. The highest BCUT2D eigenvalue weighted by Crippen LogP contribution is 2.29. The van der Waals surface area contributed by atoms with Gasteiger partial charge in [-0.2, -0.15) is 0 Å². The van der Waals surface area contributed by atoms with Gasteiger partial charge in [0.05, 0.1) is 15.6 Å². The van der Waals surface area contributed by atoms with Gasteiger partial charge < -0.3 is 5.32 Å². The topological polar surface area (TPSA) is 46.2 Å². The largest absolute Gasteiger partial charge is 0.379 e. The molecule has 1 aromatic heterocycles. The van der Waals surface area contributed by atoms with Crippen LogP contribution in [0.1, 0.15) is 9.75 Å². The van der Waals surface area contributed by atoms with E-state index in [0.717, 1.165) is 9.35 Å². The van der Waals surface area contributed by atoms with Gasteiger partial charge in [0.15, 0.2) is 9.84 Å². The van der Waals surface area contributed by atoms with E-state index in [9.17, 15) is 8.42 Å². The summed E-state index contributed by atoms with van der Waals surface area (Å²) in [6, 6.07) is 6.71. The monoisotopic (exact) mass is 393 g/mol. The first kappa shape index (κ1) is 15.8. The average molecular weight is 395 g/mol. The minimum atomic E-state index is -3.23. The van der Waals surface area contributed by atoms with Gasteiger partial charge in [-0.15, -0.1) is 11.3 Å². The van der Waals surface area contributed by atoms with E-state index in [-0.39, 0.29) is 4.90 Å². The Bertz CT molecular complexity index is 721. The number of aryl methyl sites for hydroxylation is 1. The van der Waals surface area contributed by atoms with E-state index in [4.69, 9.17) is 11.6 Å². The van der Waals surface area contributed by atoms with Crippen LogP contribution in [-0.2, 0) is 16.4 Å². The maximum Gasteiger partial charge on any atom is 0.175 e. The Morgan fingerprint density at radius 2 is 2.05 bits per heavy atom. The number of thiophene rings is 1. The molecule has 0 aliphatic carbocycles. The van der Waals surface area contributed by atoms with Crippen LogP contribution in [0.25, 0.3) is 0 Å². The summed E-state index contributed by atoms with van der Waals surface area (Å²) in [7, 11) is -3.23. The SMILES string of the molecule is Cc1sc(CNc2cc(S(C)(=O)=O)ccc2Cl)cc1Br. The summed E-state index contributed by atoms with van der Waals surface area (Å²) in [5, 5.41) is 3.68. The maximum absolute atomic E-state index is 11.5. The smallest absolute Gasteiger partial charge is 0.175 e. The highest BCUT2D eigenvalue weighted by molar-refractivity contribution is 9.10. The van der Waals surface area contributed by atoms with Crippen molar-refractivity contribution in [2.24, 2.45) is 0 Å². The van der Waals surface area contributed by atoms with E-state index in [1.807, 2.05) is 13.0 Å². The summed E-state index contributed by atoms with van der Waals surface area (Å²) in [5.41, 5.74) is 0.622. The zero-order valence-electron chi connectivity index (χ0n) is 10.9. The number of benzene rings is 1. The lowest BCUT2D eigenvalue weighted by Gasteiger charge is -2.09. The Hall–Kier alpha value is -0.560. The molecule has 0 bridgehead atoms. The van der Waals surface area contributed by atoms with Gasteiger partial charge in [-0.3, -0.25) is 0 Å². The number of nitrogens with one attached hydrogen (secondary N) is 1. The first-order chi connectivity index (χ1) is 9.27. The van der Waals surface area contributed by atoms with Crippen molar-refractivity contribution in [2.75, 3.05) is 11.6 Å². The summed E-state index contributed by atoms with van der Waals surface area (Å²) in [4.78, 5) is 2.61. The van der Waals surface area contributed by atoms with E-state index < -0.39 is 9.84 Å². The summed E-state index contributed by atoms with van der Waals surface area (Å²) in [6.07, 6.45) is 1.18. The van der Waals surface area contributed by atoms with Crippen molar-refractivity contribution in [1.82, 2.24) is 0 Å². The molecule has 0 unspecified atom stereocenters. The first-order valence-corrected chi connectivity index (χ1v) is 9.63. The zero-order valence-corrected chi connectivity index (χ0v) is 14.9. The van der Waals surface area contributed by atoms with Crippen molar-refractivity contribution in [2.45, 2.75) is 18.4 Å². The van der Waals surface area contributed by atoms with Crippen LogP contribution >= 0.6 is 38.9 Å². The molecule has 0 atom stereocenters. The molecule has 2 aromatic rings. The van der Waals surface area contributed by atoms with Gasteiger partial charge in [-0.25, -0.2) is 8.42 Å². The third-order valence-electron chi connectivity index (χ3n) is 2.73. The third-order valence-corrected chi connectivity index (χ3v) is 6.30. The number of rotatable bonds is 4. The molecule has 0 fully saturated rings. The lowest BCUT2D eigenvalue weighted by molar-refractivity contribution is 0.602. The van der Waals surface area contributed by atoms with E-state index in [1.54, 1.807) is 23.5 Å². The molecule has 1 aromatic carbocycles. The summed E-state index contributed by atoms with van der Waals surface area (Å²) in [6.45, 7) is 2.64. The molecule has 3 nitrogen and oxygen atoms in total. The quantitative estimate of drug-likeness (QED) is 0.831. The minimum Gasteiger partial charge on any atom is -0.379 e. The van der Waals surface area contributed by atoms with Gasteiger partial charge in [-0.1, -0.05) is 11.6 Å². The van der Waals surface area contributed by atoms with Gasteiger partial charge in [-0.05, 0) is 47.1 Å². The molecule has 1 N–H and O–H groups in total. The van der Waals surface area contributed by atoms with Crippen LogP contribution in [-0.4, -0.2) is 14.7 Å². The van der Waals surface area contributed by atoms with Crippen LogP contribution in [0.5, 0.6) is 0 Å². The van der Waals surface area contributed by atoms with Gasteiger partial charge in [0.2, 0.25) is 0 Å². The molecular weight excluding hydrogens is 382 g/mol. The summed E-state index contributed by atoms with van der Waals surface area (Å²) in [5.74, 6) is 0. The molecule has 0 saturated heterocycles. The number of hydrogen-bond acceptors (Lipinski definition) is 4. The fourth-order valence-corrected chi connectivity index (χ4v) is 4.03. The Balaban J connectivity index is 2.21. The van der Waals surface area contributed by atoms with Crippen LogP contribution < -0.4 is 5.32 Å². The summed E-state index contributed by atoms with van der Waals surface area (Å²) >= 11 is 11.2. The van der Waals surface area contributed by atoms with Crippen LogP contribution in [0.4, 0.5) is 5.69 Å². The maximum atomic E-state index is 11.5. The zero-order chi connectivity index (χ0) is 14.9. The van der Waals surface area contributed by atoms with Gasteiger partial charge in [0.1, 0.15) is 0 Å². The molecule has 0 saturated carbocycles. The molecular formula is C13H13BrClNO2S2. The van der Waals surface area contributed by atoms with Crippen molar-refractivity contribution in [3.05, 3.63) is 43.5 Å². The fourth-order valence-electron chi connectivity index (χ4n) is 1.66. The standard InChI is InChI=1S/C13H13BrClNO2S2/c1-8-11(14)5-9(19-8)7-16-13-6-10(20(2,17)18)3-4-12(13)15/h3-6,16H,7H2,1-2H3. The predicted molar refractivity (Wildman–Crippen MR) is 88.6 cm³/mol. The highest BCUT2D eigenvalue weighted by atomic mass is 79.9. The van der Waals surface area contributed by atoms with Crippen LogP contribution in [0, 0.1) is 6.92 Å². The Morgan fingerprint density at radius 3 is 2.60 bits per heavy atom. The Labute approximate surface area is 136 Å². The van der Waals surface area contributed by atoms with Crippen molar-refractivity contribution in [1.29, 1.82) is 0 Å². The van der Waals surface area contributed by atoms with Crippen molar-refractivity contribution < 1.29 is 8.42 Å².